The summed E-state index contributed by atoms with van der Waals surface area (Å²) in [5.74, 6) is -1.28. The van der Waals surface area contributed by atoms with E-state index >= 15 is 0 Å². The molecule has 0 atom stereocenters. The number of nitrogens with zero attached hydrogens (tertiary/aromatic N) is 1. The zero-order valence-electron chi connectivity index (χ0n) is 16.0. The molecular formula is C22H24N2O3. The van der Waals surface area contributed by atoms with E-state index in [1.807, 2.05) is 43.3 Å². The largest absolute Gasteiger partial charge is 0.481 e. The molecule has 0 fully saturated rings. The minimum Gasteiger partial charge on any atom is -0.481 e. The van der Waals surface area contributed by atoms with E-state index in [1.54, 1.807) is 19.9 Å². The zero-order valence-corrected chi connectivity index (χ0v) is 16.0. The average molecular weight is 364 g/mol. The van der Waals surface area contributed by atoms with Crippen LogP contribution in [0.1, 0.15) is 46.6 Å². The fraction of sp³-hybridized carbons (Fsp3) is 0.273. The van der Waals surface area contributed by atoms with Crippen molar-refractivity contribution in [3.63, 3.8) is 0 Å². The highest BCUT2D eigenvalue weighted by Crippen LogP contribution is 2.28. The molecule has 0 aliphatic rings. The molecule has 0 saturated carbocycles. The van der Waals surface area contributed by atoms with Gasteiger partial charge in [0, 0.05) is 28.7 Å². The van der Waals surface area contributed by atoms with Crippen molar-refractivity contribution in [3.05, 3.63) is 70.4 Å². The molecule has 0 aliphatic heterocycles. The lowest BCUT2D eigenvalue weighted by molar-refractivity contribution is -0.142. The van der Waals surface area contributed by atoms with E-state index in [1.165, 1.54) is 0 Å². The lowest BCUT2D eigenvalue weighted by Crippen LogP contribution is -2.28. The summed E-state index contributed by atoms with van der Waals surface area (Å²) in [5, 5.41) is 10.4. The molecule has 27 heavy (non-hydrogen) atoms. The van der Waals surface area contributed by atoms with Crippen LogP contribution in [0.15, 0.2) is 42.5 Å². The lowest BCUT2D eigenvalue weighted by atomic mass is 9.84. The number of rotatable bonds is 5. The average Bonchev–Trinajstić information content (AvgIpc) is 2.86. The molecule has 5 nitrogen and oxygen atoms in total. The minimum atomic E-state index is -0.920. The van der Waals surface area contributed by atoms with E-state index in [4.69, 9.17) is 5.73 Å². The molecule has 3 rings (SSSR count). The van der Waals surface area contributed by atoms with Crippen LogP contribution in [0.2, 0.25) is 0 Å². The van der Waals surface area contributed by atoms with Crippen molar-refractivity contribution in [1.82, 2.24) is 4.57 Å². The number of aliphatic carboxylic acids is 1. The van der Waals surface area contributed by atoms with Crippen molar-refractivity contribution >= 4 is 22.8 Å². The Morgan fingerprint density at radius 2 is 1.70 bits per heavy atom. The number of carboxylic acid groups (broad SMARTS) is 1. The summed E-state index contributed by atoms with van der Waals surface area (Å²) in [6.07, 6.45) is 0. The number of aryl methyl sites for hydroxylation is 1. The van der Waals surface area contributed by atoms with E-state index in [9.17, 15) is 14.7 Å². The number of amides is 1. The van der Waals surface area contributed by atoms with Crippen molar-refractivity contribution in [2.45, 2.75) is 39.7 Å². The van der Waals surface area contributed by atoms with Gasteiger partial charge in [-0.05, 0) is 62.6 Å². The fourth-order valence-corrected chi connectivity index (χ4v) is 3.34. The Kier molecular flexibility index (Phi) is 4.56. The van der Waals surface area contributed by atoms with Crippen LogP contribution < -0.4 is 5.73 Å². The molecule has 3 N–H and O–H groups in total. The van der Waals surface area contributed by atoms with Gasteiger partial charge in [0.2, 0.25) is 5.91 Å². The summed E-state index contributed by atoms with van der Waals surface area (Å²) in [5.41, 5.74) is 10.1. The molecule has 0 bridgehead atoms. The number of nitrogens with two attached hydrogens (primary N) is 1. The van der Waals surface area contributed by atoms with Crippen molar-refractivity contribution in [2.24, 2.45) is 5.73 Å². The van der Waals surface area contributed by atoms with Gasteiger partial charge in [-0.2, -0.15) is 0 Å². The Labute approximate surface area is 158 Å². The van der Waals surface area contributed by atoms with Gasteiger partial charge in [0.15, 0.2) is 0 Å². The van der Waals surface area contributed by atoms with E-state index < -0.39 is 17.3 Å². The number of primary amides is 1. The van der Waals surface area contributed by atoms with Crippen molar-refractivity contribution in [1.29, 1.82) is 0 Å². The van der Waals surface area contributed by atoms with Gasteiger partial charge in [-0.25, -0.2) is 0 Å². The molecule has 5 heteroatoms. The summed E-state index contributed by atoms with van der Waals surface area (Å²) < 4.78 is 2.20. The van der Waals surface area contributed by atoms with Gasteiger partial charge in [-0.1, -0.05) is 24.3 Å². The SMILES string of the molecule is Cc1c(C)n(Cc2ccc(C(C)(C)C(=O)O)cc2)c2ccc(C(N)=O)cc12. The van der Waals surface area contributed by atoms with Gasteiger partial charge >= 0.3 is 5.97 Å². The molecule has 1 aromatic heterocycles. The molecule has 0 saturated heterocycles. The standard InChI is InChI=1S/C22H24N2O3/c1-13-14(2)24(19-10-7-16(20(23)25)11-18(13)19)12-15-5-8-17(9-6-15)22(3,4)21(26)27/h5-11H,12H2,1-4H3,(H2,23,25)(H,26,27). The first kappa shape index (κ1) is 18.7. The number of hydrogen-bond donors (Lipinski definition) is 2. The van der Waals surface area contributed by atoms with E-state index in [-0.39, 0.29) is 0 Å². The van der Waals surface area contributed by atoms with Crippen LogP contribution in [-0.4, -0.2) is 21.6 Å². The van der Waals surface area contributed by atoms with E-state index in [0.29, 0.717) is 12.1 Å². The van der Waals surface area contributed by atoms with Crippen LogP contribution >= 0.6 is 0 Å². The Morgan fingerprint density at radius 1 is 1.07 bits per heavy atom. The highest BCUT2D eigenvalue weighted by atomic mass is 16.4. The Bertz CT molecular complexity index is 1040. The van der Waals surface area contributed by atoms with Gasteiger partial charge in [0.25, 0.3) is 0 Å². The van der Waals surface area contributed by atoms with Crippen LogP contribution in [0.5, 0.6) is 0 Å². The first-order chi connectivity index (χ1) is 12.6. The predicted octanol–water partition coefficient (Wildman–Crippen LogP) is 3.77. The summed E-state index contributed by atoms with van der Waals surface area (Å²) in [4.78, 5) is 22.9. The second kappa shape index (κ2) is 6.58. The van der Waals surface area contributed by atoms with Crippen molar-refractivity contribution in [3.8, 4) is 0 Å². The summed E-state index contributed by atoms with van der Waals surface area (Å²) in [7, 11) is 0. The maximum absolute atomic E-state index is 11.5. The first-order valence-corrected chi connectivity index (χ1v) is 8.85. The van der Waals surface area contributed by atoms with Crippen molar-refractivity contribution < 1.29 is 14.7 Å². The van der Waals surface area contributed by atoms with Crippen LogP contribution in [0.25, 0.3) is 10.9 Å². The monoisotopic (exact) mass is 364 g/mol. The third-order valence-corrected chi connectivity index (χ3v) is 5.47. The van der Waals surface area contributed by atoms with Gasteiger partial charge in [0.1, 0.15) is 0 Å². The van der Waals surface area contributed by atoms with Crippen LogP contribution in [0, 0.1) is 13.8 Å². The lowest BCUT2D eigenvalue weighted by Gasteiger charge is -2.20. The van der Waals surface area contributed by atoms with Gasteiger partial charge in [-0.15, -0.1) is 0 Å². The van der Waals surface area contributed by atoms with Crippen LogP contribution in [-0.2, 0) is 16.8 Å². The van der Waals surface area contributed by atoms with Crippen molar-refractivity contribution in [2.75, 3.05) is 0 Å². The summed E-state index contributed by atoms with van der Waals surface area (Å²) in [6, 6.07) is 13.2. The topological polar surface area (TPSA) is 85.3 Å². The van der Waals surface area contributed by atoms with Crippen LogP contribution in [0.4, 0.5) is 0 Å². The number of carbonyl (C=O) groups excluding carboxylic acids is 1. The highest BCUT2D eigenvalue weighted by Gasteiger charge is 2.29. The quantitative estimate of drug-likeness (QED) is 0.723. The number of fused-ring (bicyclic) bond motifs is 1. The molecule has 0 aliphatic carbocycles. The molecule has 0 spiro atoms. The Morgan fingerprint density at radius 3 is 2.26 bits per heavy atom. The minimum absolute atomic E-state index is 0.432. The molecule has 1 heterocycles. The maximum Gasteiger partial charge on any atom is 0.313 e. The third kappa shape index (κ3) is 3.21. The Balaban J connectivity index is 1.99. The number of aromatic nitrogens is 1. The smallest absolute Gasteiger partial charge is 0.313 e. The molecule has 2 aromatic carbocycles. The number of carbonyl (C=O) groups is 2. The van der Waals surface area contributed by atoms with Crippen LogP contribution in [0.3, 0.4) is 0 Å². The fourth-order valence-electron chi connectivity index (χ4n) is 3.34. The van der Waals surface area contributed by atoms with Gasteiger partial charge in [0.05, 0.1) is 5.41 Å². The zero-order chi connectivity index (χ0) is 19.9. The summed E-state index contributed by atoms with van der Waals surface area (Å²) >= 11 is 0. The molecule has 0 unspecified atom stereocenters. The Hall–Kier alpha value is -3.08. The van der Waals surface area contributed by atoms with Gasteiger partial charge in [-0.3, -0.25) is 9.59 Å². The number of benzene rings is 2. The highest BCUT2D eigenvalue weighted by molar-refractivity contribution is 5.98. The molecule has 1 amide bonds. The predicted molar refractivity (Wildman–Crippen MR) is 106 cm³/mol. The molecular weight excluding hydrogens is 340 g/mol. The normalized spacial score (nSPS) is 11.7. The maximum atomic E-state index is 11.5. The second-order valence-corrected chi connectivity index (χ2v) is 7.52. The third-order valence-electron chi connectivity index (χ3n) is 5.47. The van der Waals surface area contributed by atoms with Gasteiger partial charge < -0.3 is 15.4 Å². The number of carboxylic acids is 1. The van der Waals surface area contributed by atoms with E-state index in [0.717, 1.165) is 33.3 Å². The summed E-state index contributed by atoms with van der Waals surface area (Å²) in [6.45, 7) is 8.17. The van der Waals surface area contributed by atoms with E-state index in [2.05, 4.69) is 11.5 Å². The first-order valence-electron chi connectivity index (χ1n) is 8.85. The molecule has 140 valence electrons. The number of hydrogen-bond acceptors (Lipinski definition) is 2. The second-order valence-electron chi connectivity index (χ2n) is 7.52. The molecule has 0 radical (unpaired) electrons. The molecule has 3 aromatic rings.